The van der Waals surface area contributed by atoms with Crippen molar-refractivity contribution < 1.29 is 9.13 Å². The lowest BCUT2D eigenvalue weighted by Gasteiger charge is -2.10. The number of hydrogen-bond donors (Lipinski definition) is 2. The molecule has 0 spiro atoms. The van der Waals surface area contributed by atoms with Gasteiger partial charge in [0.15, 0.2) is 0 Å². The fourth-order valence-electron chi connectivity index (χ4n) is 2.18. The summed E-state index contributed by atoms with van der Waals surface area (Å²) in [5.41, 5.74) is 14.8. The van der Waals surface area contributed by atoms with Gasteiger partial charge in [-0.3, -0.25) is 0 Å². The normalized spacial score (nSPS) is 10.4. The molecule has 3 rings (SSSR count). The van der Waals surface area contributed by atoms with Crippen LogP contribution in [0.1, 0.15) is 0 Å². The number of hydrogen-bond acceptors (Lipinski definition) is 3. The molecule has 0 radical (unpaired) electrons. The Labute approximate surface area is 128 Å². The van der Waals surface area contributed by atoms with Crippen LogP contribution in [0.2, 0.25) is 0 Å². The van der Waals surface area contributed by atoms with Crippen LogP contribution in [0.15, 0.2) is 66.7 Å². The third-order valence-electron chi connectivity index (χ3n) is 3.35. The van der Waals surface area contributed by atoms with E-state index in [0.717, 1.165) is 11.1 Å². The fraction of sp³-hybridized carbons (Fsp3) is 0. The second-order valence-corrected chi connectivity index (χ2v) is 4.89. The van der Waals surface area contributed by atoms with Gasteiger partial charge in [0.05, 0.1) is 11.4 Å². The maximum absolute atomic E-state index is 12.9. The average Bonchev–Trinajstić information content (AvgIpc) is 2.53. The lowest BCUT2D eigenvalue weighted by Crippen LogP contribution is -1.96. The van der Waals surface area contributed by atoms with E-state index >= 15 is 0 Å². The Morgan fingerprint density at radius 1 is 0.727 bits per heavy atom. The lowest BCUT2D eigenvalue weighted by atomic mass is 10.0. The predicted octanol–water partition coefficient (Wildman–Crippen LogP) is 4.45. The molecule has 4 heteroatoms. The molecule has 0 aromatic heterocycles. The zero-order valence-corrected chi connectivity index (χ0v) is 11.8. The number of rotatable bonds is 3. The van der Waals surface area contributed by atoms with Crippen molar-refractivity contribution in [2.75, 3.05) is 11.5 Å². The van der Waals surface area contributed by atoms with Gasteiger partial charge in [0.2, 0.25) is 0 Å². The fourth-order valence-corrected chi connectivity index (χ4v) is 2.18. The molecule has 0 fully saturated rings. The van der Waals surface area contributed by atoms with E-state index in [9.17, 15) is 4.39 Å². The quantitative estimate of drug-likeness (QED) is 0.701. The van der Waals surface area contributed by atoms with Crippen molar-refractivity contribution in [1.82, 2.24) is 0 Å². The van der Waals surface area contributed by atoms with Crippen LogP contribution >= 0.6 is 0 Å². The van der Waals surface area contributed by atoms with E-state index in [0.29, 0.717) is 22.9 Å². The summed E-state index contributed by atoms with van der Waals surface area (Å²) in [6.45, 7) is 0. The van der Waals surface area contributed by atoms with Crippen LogP contribution in [0.5, 0.6) is 11.5 Å². The highest BCUT2D eigenvalue weighted by atomic mass is 19.1. The Balaban J connectivity index is 1.83. The molecule has 0 saturated heterocycles. The van der Waals surface area contributed by atoms with Gasteiger partial charge in [-0.05, 0) is 48.0 Å². The molecule has 22 heavy (non-hydrogen) atoms. The van der Waals surface area contributed by atoms with Gasteiger partial charge in [-0.15, -0.1) is 0 Å². The van der Waals surface area contributed by atoms with Gasteiger partial charge in [0.1, 0.15) is 17.3 Å². The minimum absolute atomic E-state index is 0.292. The molecule has 4 N–H and O–H groups in total. The van der Waals surface area contributed by atoms with E-state index < -0.39 is 0 Å². The van der Waals surface area contributed by atoms with Crippen LogP contribution in [-0.2, 0) is 0 Å². The molecule has 0 atom stereocenters. The highest BCUT2D eigenvalue weighted by Crippen LogP contribution is 2.31. The van der Waals surface area contributed by atoms with Gasteiger partial charge in [0.25, 0.3) is 0 Å². The molecule has 0 saturated carbocycles. The molecule has 0 unspecified atom stereocenters. The summed E-state index contributed by atoms with van der Waals surface area (Å²) in [7, 11) is 0. The Kier molecular flexibility index (Phi) is 3.66. The van der Waals surface area contributed by atoms with E-state index in [2.05, 4.69) is 0 Å². The Morgan fingerprint density at radius 3 is 1.95 bits per heavy atom. The summed E-state index contributed by atoms with van der Waals surface area (Å²) in [6, 6.07) is 18.9. The summed E-state index contributed by atoms with van der Waals surface area (Å²) in [4.78, 5) is 0. The van der Waals surface area contributed by atoms with Crippen LogP contribution in [0.3, 0.4) is 0 Å². The predicted molar refractivity (Wildman–Crippen MR) is 87.2 cm³/mol. The SMILES string of the molecule is Nc1cccc(-c2ccc(Oc3ccc(F)cc3)cc2)c1N. The van der Waals surface area contributed by atoms with E-state index in [1.54, 1.807) is 18.2 Å². The van der Waals surface area contributed by atoms with Crippen molar-refractivity contribution in [1.29, 1.82) is 0 Å². The van der Waals surface area contributed by atoms with Gasteiger partial charge in [-0.2, -0.15) is 0 Å². The Morgan fingerprint density at radius 2 is 1.32 bits per heavy atom. The summed E-state index contributed by atoms with van der Waals surface area (Å²) in [6.07, 6.45) is 0. The smallest absolute Gasteiger partial charge is 0.127 e. The highest BCUT2D eigenvalue weighted by Gasteiger charge is 2.05. The van der Waals surface area contributed by atoms with Gasteiger partial charge in [-0.25, -0.2) is 4.39 Å². The Hall–Kier alpha value is -3.01. The zero-order chi connectivity index (χ0) is 15.5. The van der Waals surface area contributed by atoms with Gasteiger partial charge < -0.3 is 16.2 Å². The summed E-state index contributed by atoms with van der Waals surface area (Å²) in [5.74, 6) is 0.954. The maximum atomic E-state index is 12.9. The molecule has 0 heterocycles. The van der Waals surface area contributed by atoms with E-state index in [4.69, 9.17) is 16.2 Å². The van der Waals surface area contributed by atoms with E-state index in [1.807, 2.05) is 36.4 Å². The van der Waals surface area contributed by atoms with Crippen LogP contribution in [0.25, 0.3) is 11.1 Å². The second kappa shape index (κ2) is 5.77. The summed E-state index contributed by atoms with van der Waals surface area (Å²) >= 11 is 0. The summed E-state index contributed by atoms with van der Waals surface area (Å²) in [5, 5.41) is 0. The summed E-state index contributed by atoms with van der Waals surface area (Å²) < 4.78 is 18.5. The molecular formula is C18H15FN2O. The van der Waals surface area contributed by atoms with Crippen LogP contribution in [0.4, 0.5) is 15.8 Å². The molecule has 3 aromatic rings. The molecule has 0 aliphatic carbocycles. The van der Waals surface area contributed by atoms with Crippen molar-refractivity contribution in [2.24, 2.45) is 0 Å². The monoisotopic (exact) mass is 294 g/mol. The number of ether oxygens (including phenoxy) is 1. The first kappa shape index (κ1) is 13.9. The third-order valence-corrected chi connectivity index (χ3v) is 3.35. The molecule has 3 aromatic carbocycles. The minimum atomic E-state index is -0.292. The molecule has 0 aliphatic rings. The van der Waals surface area contributed by atoms with Gasteiger partial charge in [-0.1, -0.05) is 24.3 Å². The van der Waals surface area contributed by atoms with Gasteiger partial charge >= 0.3 is 0 Å². The van der Waals surface area contributed by atoms with Crippen molar-refractivity contribution in [3.8, 4) is 22.6 Å². The molecule has 110 valence electrons. The number of para-hydroxylation sites is 1. The number of nitrogen functional groups attached to an aromatic ring is 2. The first-order valence-electron chi connectivity index (χ1n) is 6.81. The standard InChI is InChI=1S/C18H15FN2O/c19-13-6-10-15(11-7-13)22-14-8-4-12(5-9-14)16-2-1-3-17(20)18(16)21/h1-11H,20-21H2. The van der Waals surface area contributed by atoms with E-state index in [1.165, 1.54) is 12.1 Å². The largest absolute Gasteiger partial charge is 0.457 e. The lowest BCUT2D eigenvalue weighted by molar-refractivity contribution is 0.480. The van der Waals surface area contributed by atoms with Crippen LogP contribution in [0, 0.1) is 5.82 Å². The molecule has 0 aliphatic heterocycles. The molecular weight excluding hydrogens is 279 g/mol. The minimum Gasteiger partial charge on any atom is -0.457 e. The van der Waals surface area contributed by atoms with Gasteiger partial charge in [0, 0.05) is 5.56 Å². The van der Waals surface area contributed by atoms with Crippen molar-refractivity contribution in [3.05, 3.63) is 72.5 Å². The van der Waals surface area contributed by atoms with Crippen molar-refractivity contribution in [3.63, 3.8) is 0 Å². The average molecular weight is 294 g/mol. The van der Waals surface area contributed by atoms with E-state index in [-0.39, 0.29) is 5.82 Å². The van der Waals surface area contributed by atoms with Crippen LogP contribution < -0.4 is 16.2 Å². The highest BCUT2D eigenvalue weighted by molar-refractivity contribution is 5.84. The number of halogens is 1. The zero-order valence-electron chi connectivity index (χ0n) is 11.8. The van der Waals surface area contributed by atoms with Crippen molar-refractivity contribution >= 4 is 11.4 Å². The maximum Gasteiger partial charge on any atom is 0.127 e. The molecule has 0 bridgehead atoms. The van der Waals surface area contributed by atoms with Crippen LogP contribution in [-0.4, -0.2) is 0 Å². The third kappa shape index (κ3) is 2.86. The number of benzene rings is 3. The topological polar surface area (TPSA) is 61.3 Å². The molecule has 3 nitrogen and oxygen atoms in total. The Bertz CT molecular complexity index is 783. The number of anilines is 2. The molecule has 0 amide bonds. The first-order valence-corrected chi connectivity index (χ1v) is 6.81. The number of nitrogens with two attached hydrogens (primary N) is 2. The first-order chi connectivity index (χ1) is 10.6. The second-order valence-electron chi connectivity index (χ2n) is 4.89. The van der Waals surface area contributed by atoms with Crippen molar-refractivity contribution in [2.45, 2.75) is 0 Å².